The first-order valence-corrected chi connectivity index (χ1v) is 10.7. The Balaban J connectivity index is 1.54. The summed E-state index contributed by atoms with van der Waals surface area (Å²) in [4.78, 5) is 15.0. The fourth-order valence-corrected chi connectivity index (χ4v) is 5.39. The molecule has 1 atom stereocenters. The molecule has 1 aliphatic carbocycles. The number of aryl methyl sites for hydroxylation is 1. The van der Waals surface area contributed by atoms with E-state index in [9.17, 15) is 9.90 Å². The van der Waals surface area contributed by atoms with Gasteiger partial charge in [0.05, 0.1) is 6.10 Å². The van der Waals surface area contributed by atoms with E-state index in [1.165, 1.54) is 0 Å². The van der Waals surface area contributed by atoms with Crippen molar-refractivity contribution >= 4 is 16.9 Å². The maximum Gasteiger partial charge on any atom is 0.289 e. The molecule has 0 radical (unpaired) electrons. The van der Waals surface area contributed by atoms with Gasteiger partial charge in [-0.25, -0.2) is 0 Å². The maximum absolute atomic E-state index is 13.1. The molecule has 1 aromatic carbocycles. The summed E-state index contributed by atoms with van der Waals surface area (Å²) in [6.07, 6.45) is 6.43. The molecule has 2 aromatic rings. The second kappa shape index (κ2) is 6.51. The molecule has 1 saturated heterocycles. The number of rotatable bonds is 1. The number of carbonyl (C=O) groups excluding carboxylic acids is 1. The van der Waals surface area contributed by atoms with Crippen molar-refractivity contribution in [3.63, 3.8) is 0 Å². The summed E-state index contributed by atoms with van der Waals surface area (Å²) in [7, 11) is 0. The molecule has 2 aliphatic heterocycles. The van der Waals surface area contributed by atoms with E-state index >= 15 is 0 Å². The van der Waals surface area contributed by atoms with E-state index in [1.54, 1.807) is 0 Å². The van der Waals surface area contributed by atoms with Crippen molar-refractivity contribution in [2.24, 2.45) is 5.92 Å². The van der Waals surface area contributed by atoms with Gasteiger partial charge in [0.2, 0.25) is 0 Å². The molecule has 1 unspecified atom stereocenters. The highest BCUT2D eigenvalue weighted by atomic mass is 16.5. The molecule has 1 spiro atoms. The summed E-state index contributed by atoms with van der Waals surface area (Å²) in [6.45, 7) is 5.73. The van der Waals surface area contributed by atoms with Crippen LogP contribution in [0.4, 0.5) is 0 Å². The topological polar surface area (TPSA) is 62.9 Å². The van der Waals surface area contributed by atoms with Crippen LogP contribution in [0.1, 0.15) is 79.7 Å². The molecule has 5 nitrogen and oxygen atoms in total. The van der Waals surface area contributed by atoms with Crippen LogP contribution >= 0.6 is 0 Å². The molecule has 3 aliphatic rings. The molecule has 28 heavy (non-hydrogen) atoms. The quantitative estimate of drug-likeness (QED) is 0.772. The van der Waals surface area contributed by atoms with Crippen LogP contribution in [0.2, 0.25) is 0 Å². The number of fused-ring (bicyclic) bond motifs is 3. The average Bonchev–Trinajstić information content (AvgIpc) is 3.26. The van der Waals surface area contributed by atoms with Gasteiger partial charge in [0.15, 0.2) is 5.76 Å². The first-order valence-electron chi connectivity index (χ1n) is 10.7. The van der Waals surface area contributed by atoms with Crippen molar-refractivity contribution in [3.05, 3.63) is 29.0 Å². The van der Waals surface area contributed by atoms with Crippen LogP contribution in [0, 0.1) is 12.8 Å². The molecule has 5 heteroatoms. The Morgan fingerprint density at radius 1 is 1.21 bits per heavy atom. The van der Waals surface area contributed by atoms with Crippen molar-refractivity contribution in [1.29, 1.82) is 0 Å². The molecule has 5 rings (SSSR count). The minimum absolute atomic E-state index is 0.0344. The summed E-state index contributed by atoms with van der Waals surface area (Å²) < 4.78 is 12.4. The number of benzene rings is 1. The van der Waals surface area contributed by atoms with Gasteiger partial charge in [0.1, 0.15) is 16.9 Å². The third-order valence-electron chi connectivity index (χ3n) is 7.10. The van der Waals surface area contributed by atoms with E-state index in [1.807, 2.05) is 24.0 Å². The van der Waals surface area contributed by atoms with Crippen molar-refractivity contribution in [1.82, 2.24) is 4.90 Å². The molecule has 1 N–H and O–H groups in total. The third kappa shape index (κ3) is 2.74. The van der Waals surface area contributed by atoms with Crippen LogP contribution in [0.15, 0.2) is 16.5 Å². The predicted molar refractivity (Wildman–Crippen MR) is 107 cm³/mol. The second-order valence-electron chi connectivity index (χ2n) is 9.09. The number of ether oxygens (including phenoxy) is 1. The Kier molecular flexibility index (Phi) is 4.20. The number of aliphatic hydroxyl groups is 1. The zero-order valence-corrected chi connectivity index (χ0v) is 16.8. The van der Waals surface area contributed by atoms with E-state index in [-0.39, 0.29) is 11.5 Å². The number of hydrogen-bond donors (Lipinski definition) is 1. The summed E-state index contributed by atoms with van der Waals surface area (Å²) in [5.41, 5.74) is 2.05. The monoisotopic (exact) mass is 383 g/mol. The highest BCUT2D eigenvalue weighted by molar-refractivity contribution is 6.00. The van der Waals surface area contributed by atoms with Crippen LogP contribution in [-0.2, 0) is 0 Å². The average molecular weight is 383 g/mol. The lowest BCUT2D eigenvalue weighted by atomic mass is 9.85. The molecule has 150 valence electrons. The van der Waals surface area contributed by atoms with Crippen molar-refractivity contribution < 1.29 is 19.1 Å². The zero-order valence-electron chi connectivity index (χ0n) is 16.8. The fourth-order valence-electron chi connectivity index (χ4n) is 5.39. The van der Waals surface area contributed by atoms with Crippen molar-refractivity contribution in [2.75, 3.05) is 13.1 Å². The molecule has 1 amide bonds. The summed E-state index contributed by atoms with van der Waals surface area (Å²) in [6, 6.07) is 3.79. The van der Waals surface area contributed by atoms with Gasteiger partial charge < -0.3 is 19.2 Å². The molecule has 3 heterocycles. The highest BCUT2D eigenvalue weighted by Crippen LogP contribution is 2.50. The van der Waals surface area contributed by atoms with Gasteiger partial charge in [-0.05, 0) is 63.5 Å². The van der Waals surface area contributed by atoms with E-state index in [0.29, 0.717) is 23.7 Å². The Morgan fingerprint density at radius 3 is 2.64 bits per heavy atom. The van der Waals surface area contributed by atoms with Crippen molar-refractivity contribution in [2.45, 2.75) is 70.5 Å². The molecule has 2 fully saturated rings. The lowest BCUT2D eigenvalue weighted by molar-refractivity contribution is -0.00845. The number of amides is 1. The third-order valence-corrected chi connectivity index (χ3v) is 7.10. The van der Waals surface area contributed by atoms with Gasteiger partial charge in [0.25, 0.3) is 5.91 Å². The van der Waals surface area contributed by atoms with Gasteiger partial charge in [-0.1, -0.05) is 6.92 Å². The minimum atomic E-state index is -0.583. The van der Waals surface area contributed by atoms with E-state index in [4.69, 9.17) is 9.15 Å². The van der Waals surface area contributed by atoms with E-state index < -0.39 is 6.10 Å². The highest BCUT2D eigenvalue weighted by Gasteiger charge is 2.44. The van der Waals surface area contributed by atoms with Gasteiger partial charge in [-0.2, -0.15) is 0 Å². The number of carbonyl (C=O) groups is 1. The molecular formula is C23H29NO4. The molecular weight excluding hydrogens is 354 g/mol. The van der Waals surface area contributed by atoms with Crippen LogP contribution in [0.5, 0.6) is 5.75 Å². The second-order valence-corrected chi connectivity index (χ2v) is 9.09. The largest absolute Gasteiger partial charge is 0.487 e. The fraction of sp³-hybridized carbons (Fsp3) is 0.609. The summed E-state index contributed by atoms with van der Waals surface area (Å²) in [5.74, 6) is 1.80. The van der Waals surface area contributed by atoms with Gasteiger partial charge in [-0.3, -0.25) is 4.79 Å². The Hall–Kier alpha value is -2.01. The lowest BCUT2D eigenvalue weighted by Crippen LogP contribution is -2.38. The Bertz CT molecular complexity index is 916. The molecule has 1 aromatic heterocycles. The smallest absolute Gasteiger partial charge is 0.289 e. The van der Waals surface area contributed by atoms with Crippen molar-refractivity contribution in [3.8, 4) is 5.75 Å². The maximum atomic E-state index is 13.1. The van der Waals surface area contributed by atoms with E-state index in [0.717, 1.165) is 73.9 Å². The first kappa shape index (κ1) is 18.0. The number of piperidine rings is 1. The van der Waals surface area contributed by atoms with Gasteiger partial charge >= 0.3 is 0 Å². The number of furan rings is 1. The molecule has 0 bridgehead atoms. The molecule has 1 saturated carbocycles. The van der Waals surface area contributed by atoms with E-state index in [2.05, 4.69) is 6.92 Å². The van der Waals surface area contributed by atoms with Crippen LogP contribution in [-0.4, -0.2) is 34.6 Å². The number of nitrogens with zero attached hydrogens (tertiary/aromatic N) is 1. The summed E-state index contributed by atoms with van der Waals surface area (Å²) >= 11 is 0. The number of hydrogen-bond acceptors (Lipinski definition) is 4. The first-order chi connectivity index (χ1) is 13.5. The Morgan fingerprint density at radius 2 is 1.93 bits per heavy atom. The SMILES string of the molecule is Cc1c(C(=O)N2CCC(C)CC2)oc2ccc3c(c12)C(O)CC1(CCCC1)O3. The minimum Gasteiger partial charge on any atom is -0.487 e. The predicted octanol–water partition coefficient (Wildman–Crippen LogP) is 4.74. The number of likely N-dealkylation sites (tertiary alicyclic amines) is 1. The van der Waals surface area contributed by atoms with Crippen LogP contribution in [0.3, 0.4) is 0 Å². The standard InChI is InChI=1S/C23H29NO4/c1-14-7-11-24(12-8-14)22(26)21-15(2)19-17(27-21)5-6-18-20(19)16(25)13-23(28-18)9-3-4-10-23/h5-6,14,16,25H,3-4,7-13H2,1-2H3. The van der Waals surface area contributed by atoms with Crippen LogP contribution < -0.4 is 4.74 Å². The number of aliphatic hydroxyl groups excluding tert-OH is 1. The van der Waals surface area contributed by atoms with Gasteiger partial charge in [-0.15, -0.1) is 0 Å². The zero-order chi connectivity index (χ0) is 19.5. The normalized spacial score (nSPS) is 24.5. The van der Waals surface area contributed by atoms with Gasteiger partial charge in [0, 0.05) is 36.0 Å². The Labute approximate surface area is 165 Å². The summed E-state index contributed by atoms with van der Waals surface area (Å²) in [5, 5.41) is 11.9. The van der Waals surface area contributed by atoms with Crippen LogP contribution in [0.25, 0.3) is 11.0 Å². The lowest BCUT2D eigenvalue weighted by Gasteiger charge is -2.38.